The van der Waals surface area contributed by atoms with Gasteiger partial charge in [-0.05, 0) is 25.3 Å². The maximum Gasteiger partial charge on any atom is 0.0584 e. The van der Waals surface area contributed by atoms with E-state index in [9.17, 15) is 0 Å². The molecule has 76 valence electrons. The summed E-state index contributed by atoms with van der Waals surface area (Å²) in [6.45, 7) is 2.35. The molecule has 0 spiro atoms. The lowest BCUT2D eigenvalue weighted by Gasteiger charge is -2.13. The van der Waals surface area contributed by atoms with Crippen LogP contribution in [0.4, 0.5) is 0 Å². The summed E-state index contributed by atoms with van der Waals surface area (Å²) in [7, 11) is 0. The van der Waals surface area contributed by atoms with E-state index in [0.29, 0.717) is 12.1 Å². The lowest BCUT2D eigenvalue weighted by Crippen LogP contribution is -2.27. The van der Waals surface area contributed by atoms with Crippen LogP contribution in [0.3, 0.4) is 0 Å². The average Bonchev–Trinajstić information content (AvgIpc) is 2.67. The Morgan fingerprint density at radius 2 is 2.00 bits per heavy atom. The molecule has 1 aliphatic rings. The van der Waals surface area contributed by atoms with Gasteiger partial charge in [-0.25, -0.2) is 0 Å². The number of aliphatic hydroxyl groups excluding tert-OH is 1. The summed E-state index contributed by atoms with van der Waals surface area (Å²) >= 11 is 0. The first kappa shape index (κ1) is 9.69. The van der Waals surface area contributed by atoms with Gasteiger partial charge in [-0.1, -0.05) is 29.8 Å². The van der Waals surface area contributed by atoms with Crippen molar-refractivity contribution in [2.45, 2.75) is 31.8 Å². The van der Waals surface area contributed by atoms with Crippen LogP contribution in [0.1, 0.15) is 30.0 Å². The average molecular weight is 191 g/mol. The molecule has 0 unspecified atom stereocenters. The van der Waals surface area contributed by atoms with E-state index in [0.717, 1.165) is 12.8 Å². The molecular weight excluding hydrogens is 174 g/mol. The van der Waals surface area contributed by atoms with E-state index in [1.165, 1.54) is 11.1 Å². The summed E-state index contributed by atoms with van der Waals surface area (Å²) in [5.41, 5.74) is 2.64. The minimum Gasteiger partial charge on any atom is -0.395 e. The second kappa shape index (κ2) is 4.11. The highest BCUT2D eigenvalue weighted by molar-refractivity contribution is 5.24. The fraction of sp³-hybridized carbons (Fsp3) is 0.500. The van der Waals surface area contributed by atoms with E-state index in [2.05, 4.69) is 36.5 Å². The van der Waals surface area contributed by atoms with Gasteiger partial charge in [0.15, 0.2) is 0 Å². The molecule has 0 saturated carbocycles. The van der Waals surface area contributed by atoms with Crippen molar-refractivity contribution in [3.05, 3.63) is 35.4 Å². The van der Waals surface area contributed by atoms with E-state index < -0.39 is 0 Å². The Morgan fingerprint density at radius 3 is 2.57 bits per heavy atom. The first-order valence-electron chi connectivity index (χ1n) is 5.23. The zero-order valence-corrected chi connectivity index (χ0v) is 8.53. The van der Waals surface area contributed by atoms with E-state index in [1.54, 1.807) is 0 Å². The standard InChI is InChI=1S/C12H17NO/c1-9-2-4-10(5-3-9)12-7-6-11(8-14)13-12/h2-5,11-14H,6-8H2,1H3/t11-,12+/m1/s1. The van der Waals surface area contributed by atoms with Gasteiger partial charge in [0.1, 0.15) is 0 Å². The van der Waals surface area contributed by atoms with Crippen LogP contribution in [0.25, 0.3) is 0 Å². The molecule has 1 saturated heterocycles. The molecule has 2 rings (SSSR count). The third-order valence-electron chi connectivity index (χ3n) is 2.94. The fourth-order valence-corrected chi connectivity index (χ4v) is 2.02. The van der Waals surface area contributed by atoms with Crippen LogP contribution >= 0.6 is 0 Å². The summed E-state index contributed by atoms with van der Waals surface area (Å²) in [5.74, 6) is 0. The highest BCUT2D eigenvalue weighted by atomic mass is 16.3. The lowest BCUT2D eigenvalue weighted by molar-refractivity contribution is 0.251. The smallest absolute Gasteiger partial charge is 0.0584 e. The Bertz CT molecular complexity index is 294. The van der Waals surface area contributed by atoms with Gasteiger partial charge < -0.3 is 10.4 Å². The predicted molar refractivity (Wildman–Crippen MR) is 57.2 cm³/mol. The van der Waals surface area contributed by atoms with E-state index >= 15 is 0 Å². The number of nitrogens with one attached hydrogen (secondary N) is 1. The van der Waals surface area contributed by atoms with Gasteiger partial charge in [0.2, 0.25) is 0 Å². The predicted octanol–water partition coefficient (Wildman–Crippen LogP) is 1.78. The number of aryl methyl sites for hydroxylation is 1. The zero-order chi connectivity index (χ0) is 9.97. The molecule has 0 amide bonds. The van der Waals surface area contributed by atoms with Gasteiger partial charge in [0.25, 0.3) is 0 Å². The van der Waals surface area contributed by atoms with E-state index in [1.807, 2.05) is 0 Å². The van der Waals surface area contributed by atoms with Crippen LogP contribution in [0.5, 0.6) is 0 Å². The largest absolute Gasteiger partial charge is 0.395 e. The highest BCUT2D eigenvalue weighted by Gasteiger charge is 2.23. The zero-order valence-electron chi connectivity index (χ0n) is 8.53. The number of rotatable bonds is 2. The number of benzene rings is 1. The van der Waals surface area contributed by atoms with Crippen molar-refractivity contribution < 1.29 is 5.11 Å². The lowest BCUT2D eigenvalue weighted by atomic mass is 10.0. The van der Waals surface area contributed by atoms with Crippen molar-refractivity contribution in [1.29, 1.82) is 0 Å². The van der Waals surface area contributed by atoms with Gasteiger partial charge in [0.05, 0.1) is 6.61 Å². The van der Waals surface area contributed by atoms with E-state index in [4.69, 9.17) is 5.11 Å². The van der Waals surface area contributed by atoms with E-state index in [-0.39, 0.29) is 6.61 Å². The molecule has 1 aliphatic heterocycles. The summed E-state index contributed by atoms with van der Waals surface area (Å²) in [5, 5.41) is 12.4. The molecule has 1 fully saturated rings. The normalized spacial score (nSPS) is 26.7. The molecule has 1 heterocycles. The maximum atomic E-state index is 9.01. The summed E-state index contributed by atoms with van der Waals surface area (Å²) in [6, 6.07) is 9.36. The third kappa shape index (κ3) is 1.97. The van der Waals surface area contributed by atoms with Crippen molar-refractivity contribution >= 4 is 0 Å². The first-order valence-corrected chi connectivity index (χ1v) is 5.23. The van der Waals surface area contributed by atoms with Crippen LogP contribution in [-0.4, -0.2) is 17.8 Å². The van der Waals surface area contributed by atoms with Crippen molar-refractivity contribution in [2.75, 3.05) is 6.61 Å². The Hall–Kier alpha value is -0.860. The minimum atomic E-state index is 0.252. The quantitative estimate of drug-likeness (QED) is 0.747. The van der Waals surface area contributed by atoms with Crippen molar-refractivity contribution in [3.8, 4) is 0 Å². The van der Waals surface area contributed by atoms with Crippen LogP contribution in [-0.2, 0) is 0 Å². The monoisotopic (exact) mass is 191 g/mol. The molecule has 2 atom stereocenters. The second-order valence-electron chi connectivity index (χ2n) is 4.09. The Labute approximate surface area is 85.0 Å². The highest BCUT2D eigenvalue weighted by Crippen LogP contribution is 2.26. The molecule has 14 heavy (non-hydrogen) atoms. The molecule has 2 N–H and O–H groups in total. The van der Waals surface area contributed by atoms with Crippen molar-refractivity contribution in [1.82, 2.24) is 5.32 Å². The molecule has 0 aliphatic carbocycles. The fourth-order valence-electron chi connectivity index (χ4n) is 2.02. The second-order valence-corrected chi connectivity index (χ2v) is 4.09. The molecule has 0 bridgehead atoms. The van der Waals surface area contributed by atoms with Crippen LogP contribution in [0, 0.1) is 6.92 Å². The Kier molecular flexibility index (Phi) is 2.85. The SMILES string of the molecule is Cc1ccc([C@@H]2CC[C@H](CO)N2)cc1. The Morgan fingerprint density at radius 1 is 1.29 bits per heavy atom. The van der Waals surface area contributed by atoms with Gasteiger partial charge in [-0.2, -0.15) is 0 Å². The van der Waals surface area contributed by atoms with Gasteiger partial charge in [0, 0.05) is 12.1 Å². The molecule has 0 radical (unpaired) electrons. The number of aliphatic hydroxyl groups is 1. The maximum absolute atomic E-state index is 9.01. The number of hydrogen-bond donors (Lipinski definition) is 2. The van der Waals surface area contributed by atoms with Crippen LogP contribution in [0.15, 0.2) is 24.3 Å². The van der Waals surface area contributed by atoms with Crippen molar-refractivity contribution in [3.63, 3.8) is 0 Å². The molecule has 0 aromatic heterocycles. The number of hydrogen-bond acceptors (Lipinski definition) is 2. The first-order chi connectivity index (χ1) is 6.79. The molecule has 1 aromatic carbocycles. The minimum absolute atomic E-state index is 0.252. The van der Waals surface area contributed by atoms with Crippen molar-refractivity contribution in [2.24, 2.45) is 0 Å². The third-order valence-corrected chi connectivity index (χ3v) is 2.94. The topological polar surface area (TPSA) is 32.3 Å². The van der Waals surface area contributed by atoms with Gasteiger partial charge in [-0.15, -0.1) is 0 Å². The van der Waals surface area contributed by atoms with Gasteiger partial charge in [-0.3, -0.25) is 0 Å². The molecule has 1 aromatic rings. The summed E-state index contributed by atoms with van der Waals surface area (Å²) < 4.78 is 0. The Balaban J connectivity index is 2.06. The molecule has 2 nitrogen and oxygen atoms in total. The summed E-state index contributed by atoms with van der Waals surface area (Å²) in [6.07, 6.45) is 2.21. The molecular formula is C12H17NO. The van der Waals surface area contributed by atoms with Gasteiger partial charge >= 0.3 is 0 Å². The van der Waals surface area contributed by atoms with Crippen LogP contribution in [0.2, 0.25) is 0 Å². The molecule has 2 heteroatoms. The summed E-state index contributed by atoms with van der Waals surface area (Å²) in [4.78, 5) is 0. The van der Waals surface area contributed by atoms with Crippen LogP contribution < -0.4 is 5.32 Å².